The van der Waals surface area contributed by atoms with Crippen molar-refractivity contribution < 1.29 is 39.5 Å². The van der Waals surface area contributed by atoms with E-state index in [4.69, 9.17) is 0 Å². The smallest absolute Gasteiger partial charge is 0.545 e. The normalized spacial score (nSPS) is 16.2. The summed E-state index contributed by atoms with van der Waals surface area (Å²) in [7, 11) is 0. The van der Waals surface area contributed by atoms with E-state index in [0.29, 0.717) is 0 Å². The van der Waals surface area contributed by atoms with Crippen molar-refractivity contribution in [2.75, 3.05) is 37.6 Å². The first-order chi connectivity index (χ1) is 8.20. The summed E-state index contributed by atoms with van der Waals surface area (Å²) in [6.45, 7) is 7.16. The zero-order chi connectivity index (χ0) is 12.3. The molecule has 0 saturated carbocycles. The molecule has 0 amide bonds. The Morgan fingerprint density at radius 3 is 2.44 bits per heavy atom. The monoisotopic (exact) mass is 257 g/mol. The van der Waals surface area contributed by atoms with Gasteiger partial charge in [0.15, 0.2) is 0 Å². The Labute approximate surface area is 129 Å². The van der Waals surface area contributed by atoms with E-state index in [1.165, 1.54) is 6.20 Å². The fraction of sp³-hybridized carbons (Fsp3) is 0.500. The van der Waals surface area contributed by atoms with Crippen LogP contribution in [0.2, 0.25) is 0 Å². The number of nitrogens with zero attached hydrogens (tertiary/aromatic N) is 3. The van der Waals surface area contributed by atoms with E-state index in [0.717, 1.165) is 38.5 Å². The molecule has 5 nitrogen and oxygen atoms in total. The van der Waals surface area contributed by atoms with Crippen LogP contribution in [-0.2, 0) is 0 Å². The minimum atomic E-state index is -1.18. The Morgan fingerprint density at radius 2 is 2.00 bits per heavy atom. The van der Waals surface area contributed by atoms with Crippen molar-refractivity contribution in [3.05, 3.63) is 23.9 Å². The Bertz CT molecular complexity index is 389. The van der Waals surface area contributed by atoms with Crippen LogP contribution < -0.4 is 39.6 Å². The maximum absolute atomic E-state index is 10.6. The van der Waals surface area contributed by atoms with Crippen LogP contribution in [0.5, 0.6) is 0 Å². The molecule has 0 radical (unpaired) electrons. The minimum Gasteiger partial charge on any atom is -0.545 e. The number of aromatic carboxylic acids is 1. The first-order valence-electron chi connectivity index (χ1n) is 5.85. The summed E-state index contributed by atoms with van der Waals surface area (Å²) < 4.78 is 0. The largest absolute Gasteiger partial charge is 1.00 e. The van der Waals surface area contributed by atoms with E-state index in [-0.39, 0.29) is 35.1 Å². The van der Waals surface area contributed by atoms with Gasteiger partial charge in [0.1, 0.15) is 5.82 Å². The second-order valence-corrected chi connectivity index (χ2v) is 4.11. The van der Waals surface area contributed by atoms with Gasteiger partial charge in [-0.2, -0.15) is 0 Å². The molecule has 18 heavy (non-hydrogen) atoms. The average Bonchev–Trinajstić information content (AvgIpc) is 2.39. The molecule has 2 rings (SSSR count). The topological polar surface area (TPSA) is 59.5 Å². The first kappa shape index (κ1) is 15.4. The number of carboxylic acids is 1. The second kappa shape index (κ2) is 7.09. The maximum Gasteiger partial charge on any atom is 1.00 e. The number of piperazine rings is 1. The number of carbonyl (C=O) groups is 1. The Hall–Kier alpha value is -0.620. The van der Waals surface area contributed by atoms with Crippen LogP contribution in [0.1, 0.15) is 17.3 Å². The number of carbonyl (C=O) groups excluding carboxylic acids is 1. The van der Waals surface area contributed by atoms with Crippen LogP contribution >= 0.6 is 0 Å². The minimum absolute atomic E-state index is 0. The molecule has 0 bridgehead atoms. The van der Waals surface area contributed by atoms with Gasteiger partial charge < -0.3 is 19.7 Å². The zero-order valence-electron chi connectivity index (χ0n) is 10.9. The molecule has 1 aromatic rings. The number of anilines is 1. The summed E-state index contributed by atoms with van der Waals surface area (Å²) in [5.41, 5.74) is 0.126. The molecule has 0 unspecified atom stereocenters. The van der Waals surface area contributed by atoms with Gasteiger partial charge in [0.2, 0.25) is 0 Å². The molecule has 1 fully saturated rings. The quantitative estimate of drug-likeness (QED) is 0.528. The number of carboxylic acid groups (broad SMARTS) is 1. The number of pyridine rings is 1. The number of hydrogen-bond acceptors (Lipinski definition) is 5. The van der Waals surface area contributed by atoms with Gasteiger partial charge in [0.05, 0.1) is 5.97 Å². The predicted octanol–water partition coefficient (Wildman–Crippen LogP) is -3.41. The molecule has 6 heteroatoms. The fourth-order valence-corrected chi connectivity index (χ4v) is 1.99. The molecule has 92 valence electrons. The molecule has 0 aromatic carbocycles. The fourth-order valence-electron chi connectivity index (χ4n) is 1.99. The van der Waals surface area contributed by atoms with Gasteiger partial charge in [-0.25, -0.2) is 4.98 Å². The SMILES string of the molecule is CCN1CCN(c2ccc(C(=O)[O-])cn2)CC1.[Na+]. The van der Waals surface area contributed by atoms with Crippen molar-refractivity contribution in [2.24, 2.45) is 0 Å². The van der Waals surface area contributed by atoms with Crippen molar-refractivity contribution >= 4 is 11.8 Å². The standard InChI is InChI=1S/C12H17N3O2.Na/c1-2-14-5-7-15(8-6-14)11-4-3-10(9-13-11)12(16)17;/h3-4,9H,2,5-8H2,1H3,(H,16,17);/q;+1/p-1. The van der Waals surface area contributed by atoms with Crippen LogP contribution in [-0.4, -0.2) is 48.6 Å². The average molecular weight is 257 g/mol. The van der Waals surface area contributed by atoms with Crippen LogP contribution in [0, 0.1) is 0 Å². The number of likely N-dealkylation sites (N-methyl/N-ethyl adjacent to an activating group) is 1. The molecular weight excluding hydrogens is 241 g/mol. The molecule has 1 aliphatic heterocycles. The van der Waals surface area contributed by atoms with E-state index in [9.17, 15) is 9.90 Å². The molecule has 1 aromatic heterocycles. The molecule has 0 N–H and O–H groups in total. The first-order valence-corrected chi connectivity index (χ1v) is 5.85. The number of rotatable bonds is 3. The zero-order valence-corrected chi connectivity index (χ0v) is 12.9. The number of hydrogen-bond donors (Lipinski definition) is 0. The summed E-state index contributed by atoms with van der Waals surface area (Å²) >= 11 is 0. The van der Waals surface area contributed by atoms with Gasteiger partial charge >= 0.3 is 29.6 Å². The van der Waals surface area contributed by atoms with Crippen molar-refractivity contribution in [3.8, 4) is 0 Å². The van der Waals surface area contributed by atoms with Gasteiger partial charge in [-0.05, 0) is 18.7 Å². The third-order valence-electron chi connectivity index (χ3n) is 3.13. The molecule has 0 spiro atoms. The van der Waals surface area contributed by atoms with Gasteiger partial charge in [0, 0.05) is 37.9 Å². The van der Waals surface area contributed by atoms with E-state index in [1.807, 2.05) is 0 Å². The molecule has 0 aliphatic carbocycles. The van der Waals surface area contributed by atoms with Crippen LogP contribution in [0.3, 0.4) is 0 Å². The maximum atomic E-state index is 10.6. The van der Waals surface area contributed by atoms with Crippen LogP contribution in [0.25, 0.3) is 0 Å². The summed E-state index contributed by atoms with van der Waals surface area (Å²) in [6.07, 6.45) is 1.36. The van der Waals surface area contributed by atoms with Gasteiger partial charge in [-0.15, -0.1) is 0 Å². The van der Waals surface area contributed by atoms with E-state index in [2.05, 4.69) is 21.7 Å². The van der Waals surface area contributed by atoms with Crippen molar-refractivity contribution in [2.45, 2.75) is 6.92 Å². The molecular formula is C12H16N3NaO2. The Kier molecular flexibility index (Phi) is 6.08. The second-order valence-electron chi connectivity index (χ2n) is 4.11. The molecule has 2 heterocycles. The third-order valence-corrected chi connectivity index (χ3v) is 3.13. The van der Waals surface area contributed by atoms with Crippen molar-refractivity contribution in [1.29, 1.82) is 0 Å². The van der Waals surface area contributed by atoms with E-state index < -0.39 is 5.97 Å². The Balaban J connectivity index is 0.00000162. The summed E-state index contributed by atoms with van der Waals surface area (Å²) in [6, 6.07) is 3.29. The molecule has 0 atom stereocenters. The van der Waals surface area contributed by atoms with Gasteiger partial charge in [0.25, 0.3) is 0 Å². The number of aromatic nitrogens is 1. The third kappa shape index (κ3) is 3.68. The summed E-state index contributed by atoms with van der Waals surface area (Å²) in [4.78, 5) is 19.3. The Morgan fingerprint density at radius 1 is 1.33 bits per heavy atom. The van der Waals surface area contributed by atoms with E-state index >= 15 is 0 Å². The predicted molar refractivity (Wildman–Crippen MR) is 62.9 cm³/mol. The van der Waals surface area contributed by atoms with E-state index in [1.54, 1.807) is 12.1 Å². The van der Waals surface area contributed by atoms with Crippen molar-refractivity contribution in [1.82, 2.24) is 9.88 Å². The van der Waals surface area contributed by atoms with Crippen LogP contribution in [0.4, 0.5) is 5.82 Å². The van der Waals surface area contributed by atoms with Gasteiger partial charge in [-0.1, -0.05) is 6.92 Å². The summed E-state index contributed by atoms with van der Waals surface area (Å²) in [5, 5.41) is 10.6. The molecule has 1 aliphatic rings. The van der Waals surface area contributed by atoms with Crippen molar-refractivity contribution in [3.63, 3.8) is 0 Å². The van der Waals surface area contributed by atoms with Gasteiger partial charge in [-0.3, -0.25) is 0 Å². The summed E-state index contributed by atoms with van der Waals surface area (Å²) in [5.74, 6) is -0.342. The molecule has 1 saturated heterocycles. The van der Waals surface area contributed by atoms with Crippen LogP contribution in [0.15, 0.2) is 18.3 Å².